The van der Waals surface area contributed by atoms with Gasteiger partial charge in [0.05, 0.1) is 0 Å². The molecule has 0 unspecified atom stereocenters. The summed E-state index contributed by atoms with van der Waals surface area (Å²) in [6, 6.07) is 28.4. The number of piperidine rings is 1. The van der Waals surface area contributed by atoms with Crippen LogP contribution < -0.4 is 14.8 Å². The van der Waals surface area contributed by atoms with Gasteiger partial charge in [0, 0.05) is 38.1 Å². The van der Waals surface area contributed by atoms with Gasteiger partial charge < -0.3 is 14.8 Å². The van der Waals surface area contributed by atoms with Crippen LogP contribution in [0.15, 0.2) is 78.9 Å². The van der Waals surface area contributed by atoms with E-state index in [9.17, 15) is 0 Å². The summed E-state index contributed by atoms with van der Waals surface area (Å²) in [5, 5.41) is 3.84. The van der Waals surface area contributed by atoms with E-state index < -0.39 is 0 Å². The molecule has 5 rings (SSSR count). The van der Waals surface area contributed by atoms with Crippen molar-refractivity contribution in [1.29, 1.82) is 0 Å². The standard InChI is InChI=1S/C26H28N2O2/c1-3-7-20(8-4-1)17-28-14-13-24(23(18-28)22-9-5-2-6-10-22)27-16-21-11-12-25-26(15-21)30-19-29-25/h1-12,15,23-24,27H,13-14,16-19H2/t23-,24+/m0/s1. The Balaban J connectivity index is 1.28. The summed E-state index contributed by atoms with van der Waals surface area (Å²) in [6.07, 6.45) is 1.14. The molecule has 2 heterocycles. The second kappa shape index (κ2) is 8.90. The van der Waals surface area contributed by atoms with Crippen LogP contribution in [0.25, 0.3) is 0 Å². The van der Waals surface area contributed by atoms with E-state index in [0.717, 1.165) is 44.1 Å². The Morgan fingerprint density at radius 1 is 0.833 bits per heavy atom. The first-order chi connectivity index (χ1) is 14.8. The molecule has 0 radical (unpaired) electrons. The number of fused-ring (bicyclic) bond motifs is 1. The summed E-state index contributed by atoms with van der Waals surface area (Å²) in [5.41, 5.74) is 4.03. The molecule has 1 saturated heterocycles. The van der Waals surface area contributed by atoms with Gasteiger partial charge in [-0.15, -0.1) is 0 Å². The van der Waals surface area contributed by atoms with Crippen LogP contribution in [-0.2, 0) is 13.1 Å². The first-order valence-electron chi connectivity index (χ1n) is 10.8. The van der Waals surface area contributed by atoms with Crippen LogP contribution in [0.5, 0.6) is 11.5 Å². The molecular weight excluding hydrogens is 372 g/mol. The average Bonchev–Trinajstić information content (AvgIpc) is 3.27. The fourth-order valence-electron chi connectivity index (χ4n) is 4.59. The van der Waals surface area contributed by atoms with Crippen LogP contribution in [0.2, 0.25) is 0 Å². The molecule has 1 N–H and O–H groups in total. The van der Waals surface area contributed by atoms with Gasteiger partial charge in [-0.25, -0.2) is 0 Å². The summed E-state index contributed by atoms with van der Waals surface area (Å²) < 4.78 is 11.0. The number of hydrogen-bond donors (Lipinski definition) is 1. The fourth-order valence-corrected chi connectivity index (χ4v) is 4.59. The van der Waals surface area contributed by atoms with Gasteiger partial charge in [0.2, 0.25) is 6.79 Å². The third-order valence-corrected chi connectivity index (χ3v) is 6.18. The number of ether oxygens (including phenoxy) is 2. The lowest BCUT2D eigenvalue weighted by Crippen LogP contribution is -2.47. The lowest BCUT2D eigenvalue weighted by Gasteiger charge is -2.39. The summed E-state index contributed by atoms with van der Waals surface area (Å²) in [6.45, 7) is 4.35. The minimum atomic E-state index is 0.322. The average molecular weight is 401 g/mol. The first kappa shape index (κ1) is 19.2. The zero-order valence-corrected chi connectivity index (χ0v) is 17.2. The Kier molecular flexibility index (Phi) is 5.69. The van der Waals surface area contributed by atoms with Gasteiger partial charge in [0.15, 0.2) is 11.5 Å². The predicted octanol–water partition coefficient (Wildman–Crippen LogP) is 4.56. The molecule has 30 heavy (non-hydrogen) atoms. The normalized spacial score (nSPS) is 20.9. The van der Waals surface area contributed by atoms with Crippen LogP contribution >= 0.6 is 0 Å². The molecule has 0 amide bonds. The van der Waals surface area contributed by atoms with E-state index in [1.54, 1.807) is 0 Å². The Hall–Kier alpha value is -2.82. The highest BCUT2D eigenvalue weighted by Crippen LogP contribution is 2.33. The Bertz CT molecular complexity index is 961. The topological polar surface area (TPSA) is 33.7 Å². The van der Waals surface area contributed by atoms with Gasteiger partial charge in [-0.1, -0.05) is 66.7 Å². The lowest BCUT2D eigenvalue weighted by atomic mass is 9.85. The van der Waals surface area contributed by atoms with E-state index in [4.69, 9.17) is 9.47 Å². The first-order valence-corrected chi connectivity index (χ1v) is 10.8. The molecular formula is C26H28N2O2. The number of nitrogens with zero attached hydrogens (tertiary/aromatic N) is 1. The number of hydrogen-bond acceptors (Lipinski definition) is 4. The van der Waals surface area contributed by atoms with Crippen molar-refractivity contribution >= 4 is 0 Å². The zero-order valence-electron chi connectivity index (χ0n) is 17.2. The van der Waals surface area contributed by atoms with Gasteiger partial charge >= 0.3 is 0 Å². The molecule has 0 bridgehead atoms. The molecule has 3 aromatic rings. The van der Waals surface area contributed by atoms with E-state index in [2.05, 4.69) is 83.0 Å². The van der Waals surface area contributed by atoms with E-state index in [1.807, 2.05) is 6.07 Å². The Morgan fingerprint density at radius 2 is 1.60 bits per heavy atom. The summed E-state index contributed by atoms with van der Waals surface area (Å²) in [4.78, 5) is 2.59. The molecule has 3 aromatic carbocycles. The second-order valence-corrected chi connectivity index (χ2v) is 8.20. The molecule has 2 atom stereocenters. The van der Waals surface area contributed by atoms with Crippen molar-refractivity contribution in [2.45, 2.75) is 31.5 Å². The van der Waals surface area contributed by atoms with Crippen molar-refractivity contribution in [3.8, 4) is 11.5 Å². The highest BCUT2D eigenvalue weighted by molar-refractivity contribution is 5.44. The van der Waals surface area contributed by atoms with Gasteiger partial charge in [-0.2, -0.15) is 0 Å². The molecule has 1 fully saturated rings. The number of likely N-dealkylation sites (tertiary alicyclic amines) is 1. The van der Waals surface area contributed by atoms with Crippen molar-refractivity contribution in [2.75, 3.05) is 19.9 Å². The highest BCUT2D eigenvalue weighted by Gasteiger charge is 2.30. The molecule has 0 saturated carbocycles. The van der Waals surface area contributed by atoms with Crippen molar-refractivity contribution < 1.29 is 9.47 Å². The second-order valence-electron chi connectivity index (χ2n) is 8.20. The Labute approximate surface area is 178 Å². The van der Waals surface area contributed by atoms with E-state index in [1.165, 1.54) is 16.7 Å². The third-order valence-electron chi connectivity index (χ3n) is 6.18. The summed E-state index contributed by atoms with van der Waals surface area (Å²) in [7, 11) is 0. The molecule has 2 aliphatic heterocycles. The monoisotopic (exact) mass is 400 g/mol. The third kappa shape index (κ3) is 4.35. The summed E-state index contributed by atoms with van der Waals surface area (Å²) in [5.74, 6) is 2.17. The summed E-state index contributed by atoms with van der Waals surface area (Å²) >= 11 is 0. The maximum atomic E-state index is 5.54. The van der Waals surface area contributed by atoms with Crippen molar-refractivity contribution in [3.63, 3.8) is 0 Å². The van der Waals surface area contributed by atoms with Crippen LogP contribution in [0.4, 0.5) is 0 Å². The smallest absolute Gasteiger partial charge is 0.231 e. The molecule has 2 aliphatic rings. The minimum Gasteiger partial charge on any atom is -0.454 e. The predicted molar refractivity (Wildman–Crippen MR) is 119 cm³/mol. The van der Waals surface area contributed by atoms with E-state index in [0.29, 0.717) is 18.8 Å². The van der Waals surface area contributed by atoms with E-state index >= 15 is 0 Å². The minimum absolute atomic E-state index is 0.322. The maximum absolute atomic E-state index is 5.54. The van der Waals surface area contributed by atoms with Gasteiger partial charge in [-0.3, -0.25) is 4.90 Å². The highest BCUT2D eigenvalue weighted by atomic mass is 16.7. The van der Waals surface area contributed by atoms with Crippen LogP contribution in [0, 0.1) is 0 Å². The molecule has 4 heteroatoms. The number of nitrogens with one attached hydrogen (secondary N) is 1. The van der Waals surface area contributed by atoms with Gasteiger partial charge in [-0.05, 0) is 35.2 Å². The SMILES string of the molecule is c1ccc(CN2CC[C@@H](NCc3ccc4c(c3)OCO4)[C@H](c3ccccc3)C2)cc1. The number of rotatable bonds is 6. The molecule has 0 aliphatic carbocycles. The maximum Gasteiger partial charge on any atom is 0.231 e. The van der Waals surface area contributed by atoms with Gasteiger partial charge in [0.1, 0.15) is 0 Å². The van der Waals surface area contributed by atoms with Crippen LogP contribution in [-0.4, -0.2) is 30.8 Å². The number of benzene rings is 3. The van der Waals surface area contributed by atoms with Gasteiger partial charge in [0.25, 0.3) is 0 Å². The molecule has 0 spiro atoms. The Morgan fingerprint density at radius 3 is 2.43 bits per heavy atom. The van der Waals surface area contributed by atoms with Crippen LogP contribution in [0.1, 0.15) is 29.0 Å². The van der Waals surface area contributed by atoms with Crippen molar-refractivity contribution in [2.24, 2.45) is 0 Å². The quantitative estimate of drug-likeness (QED) is 0.658. The largest absolute Gasteiger partial charge is 0.454 e. The zero-order chi connectivity index (χ0) is 20.2. The lowest BCUT2D eigenvalue weighted by molar-refractivity contribution is 0.166. The fraction of sp³-hybridized carbons (Fsp3) is 0.308. The molecule has 154 valence electrons. The van der Waals surface area contributed by atoms with Crippen LogP contribution in [0.3, 0.4) is 0 Å². The molecule has 4 nitrogen and oxygen atoms in total. The van der Waals surface area contributed by atoms with Crippen molar-refractivity contribution in [1.82, 2.24) is 10.2 Å². The van der Waals surface area contributed by atoms with Crippen molar-refractivity contribution in [3.05, 3.63) is 95.6 Å². The van der Waals surface area contributed by atoms with E-state index in [-0.39, 0.29) is 0 Å². The molecule has 0 aromatic heterocycles.